The highest BCUT2D eigenvalue weighted by atomic mass is 127. The van der Waals surface area contributed by atoms with Crippen LogP contribution in [0, 0.1) is 0 Å². The number of hydrogen-bond donors (Lipinski definition) is 1. The lowest BCUT2D eigenvalue weighted by Gasteiger charge is -2.31. The molecule has 1 aliphatic rings. The van der Waals surface area contributed by atoms with E-state index in [0.29, 0.717) is 13.2 Å². The lowest BCUT2D eigenvalue weighted by molar-refractivity contribution is 0.207. The molecule has 136 valence electrons. The number of halogens is 1. The number of methoxy groups -OCH3 is 1. The lowest BCUT2D eigenvalue weighted by Crippen LogP contribution is -2.44. The molecule has 25 heavy (non-hydrogen) atoms. The van der Waals surface area contributed by atoms with Crippen LogP contribution >= 0.6 is 24.0 Å². The summed E-state index contributed by atoms with van der Waals surface area (Å²) in [6, 6.07) is 12.6. The third kappa shape index (κ3) is 5.74. The monoisotopic (exact) mass is 455 g/mol. The number of ether oxygens (including phenoxy) is 1. The second kappa shape index (κ2) is 10.5. The average molecular weight is 455 g/mol. The Balaban J connectivity index is 0.00000225. The largest absolute Gasteiger partial charge is 0.469 e. The minimum Gasteiger partial charge on any atom is -0.469 e. The average Bonchev–Trinajstić information content (AvgIpc) is 3.13. The Hall–Kier alpha value is -1.54. The fraction of sp³-hybridized carbons (Fsp3) is 0.421. The van der Waals surface area contributed by atoms with E-state index >= 15 is 0 Å². The molecule has 0 bridgehead atoms. The van der Waals surface area contributed by atoms with E-state index in [1.54, 1.807) is 13.4 Å². The van der Waals surface area contributed by atoms with Crippen LogP contribution in [0.3, 0.4) is 0 Å². The molecule has 0 saturated heterocycles. The summed E-state index contributed by atoms with van der Waals surface area (Å²) in [4.78, 5) is 7.02. The van der Waals surface area contributed by atoms with Gasteiger partial charge in [-0.3, -0.25) is 4.99 Å². The maximum atomic E-state index is 5.39. The minimum atomic E-state index is 0. The third-order valence-electron chi connectivity index (χ3n) is 4.22. The van der Waals surface area contributed by atoms with Gasteiger partial charge in [0.1, 0.15) is 5.76 Å². The summed E-state index contributed by atoms with van der Waals surface area (Å²) in [5, 5.41) is 3.48. The zero-order valence-electron chi connectivity index (χ0n) is 14.6. The van der Waals surface area contributed by atoms with Crippen LogP contribution in [0.4, 0.5) is 0 Å². The molecule has 0 radical (unpaired) electrons. The maximum Gasteiger partial charge on any atom is 0.194 e. The van der Waals surface area contributed by atoms with Crippen LogP contribution < -0.4 is 5.32 Å². The Bertz CT molecular complexity index is 658. The summed E-state index contributed by atoms with van der Waals surface area (Å²) in [6.45, 7) is 3.98. The lowest BCUT2D eigenvalue weighted by atomic mass is 10.0. The Labute approximate surface area is 166 Å². The van der Waals surface area contributed by atoms with E-state index in [0.717, 1.165) is 44.2 Å². The molecule has 2 heterocycles. The van der Waals surface area contributed by atoms with E-state index in [4.69, 9.17) is 14.1 Å². The number of fused-ring (bicyclic) bond motifs is 1. The quantitative estimate of drug-likeness (QED) is 0.315. The number of rotatable bonds is 6. The van der Waals surface area contributed by atoms with Crippen LogP contribution in [0.25, 0.3) is 0 Å². The Morgan fingerprint density at radius 2 is 2.08 bits per heavy atom. The first-order valence-corrected chi connectivity index (χ1v) is 8.48. The molecular formula is C19H26IN3O2. The van der Waals surface area contributed by atoms with Crippen LogP contribution in [-0.4, -0.2) is 44.2 Å². The molecule has 0 atom stereocenters. The van der Waals surface area contributed by atoms with Crippen molar-refractivity contribution in [2.45, 2.75) is 19.4 Å². The summed E-state index contributed by atoms with van der Waals surface area (Å²) >= 11 is 0. The van der Waals surface area contributed by atoms with Crippen molar-refractivity contribution in [2.24, 2.45) is 4.99 Å². The molecular weight excluding hydrogens is 429 g/mol. The predicted octanol–water partition coefficient (Wildman–Crippen LogP) is 3.09. The molecule has 0 aliphatic carbocycles. The summed E-state index contributed by atoms with van der Waals surface area (Å²) in [5.41, 5.74) is 2.83. The highest BCUT2D eigenvalue weighted by Crippen LogP contribution is 2.18. The van der Waals surface area contributed by atoms with Crippen molar-refractivity contribution >= 4 is 29.9 Å². The SMILES string of the molecule is COCCN=C(NCCc1ccco1)N1CCc2ccccc2C1.I. The van der Waals surface area contributed by atoms with Crippen molar-refractivity contribution < 1.29 is 9.15 Å². The first kappa shape index (κ1) is 19.8. The topological polar surface area (TPSA) is 50.0 Å². The van der Waals surface area contributed by atoms with E-state index in [2.05, 4.69) is 34.5 Å². The van der Waals surface area contributed by atoms with Gasteiger partial charge in [0.05, 0.1) is 19.4 Å². The van der Waals surface area contributed by atoms with Gasteiger partial charge in [-0.15, -0.1) is 24.0 Å². The third-order valence-corrected chi connectivity index (χ3v) is 4.22. The van der Waals surface area contributed by atoms with Crippen LogP contribution in [-0.2, 0) is 24.1 Å². The minimum absolute atomic E-state index is 0. The first-order chi connectivity index (χ1) is 11.9. The van der Waals surface area contributed by atoms with E-state index in [1.807, 2.05) is 12.1 Å². The summed E-state index contributed by atoms with van der Waals surface area (Å²) < 4.78 is 10.5. The van der Waals surface area contributed by atoms with Gasteiger partial charge in [0.25, 0.3) is 0 Å². The van der Waals surface area contributed by atoms with Gasteiger partial charge in [-0.25, -0.2) is 0 Å². The number of nitrogens with zero attached hydrogens (tertiary/aromatic N) is 2. The fourth-order valence-electron chi connectivity index (χ4n) is 2.94. The fourth-order valence-corrected chi connectivity index (χ4v) is 2.94. The van der Waals surface area contributed by atoms with E-state index in [9.17, 15) is 0 Å². The van der Waals surface area contributed by atoms with Gasteiger partial charge in [-0.1, -0.05) is 24.3 Å². The molecule has 0 amide bonds. The van der Waals surface area contributed by atoms with Gasteiger partial charge in [0, 0.05) is 33.2 Å². The van der Waals surface area contributed by atoms with Gasteiger partial charge in [-0.2, -0.15) is 0 Å². The second-order valence-corrected chi connectivity index (χ2v) is 5.89. The van der Waals surface area contributed by atoms with Crippen molar-refractivity contribution in [1.82, 2.24) is 10.2 Å². The highest BCUT2D eigenvalue weighted by molar-refractivity contribution is 14.0. The molecule has 0 unspecified atom stereocenters. The number of benzene rings is 1. The summed E-state index contributed by atoms with van der Waals surface area (Å²) in [5.74, 6) is 1.94. The van der Waals surface area contributed by atoms with Gasteiger partial charge >= 0.3 is 0 Å². The van der Waals surface area contributed by atoms with Crippen LogP contribution in [0.5, 0.6) is 0 Å². The van der Waals surface area contributed by atoms with E-state index in [1.165, 1.54) is 11.1 Å². The molecule has 5 nitrogen and oxygen atoms in total. The van der Waals surface area contributed by atoms with Gasteiger partial charge < -0.3 is 19.4 Å². The van der Waals surface area contributed by atoms with E-state index < -0.39 is 0 Å². The molecule has 6 heteroatoms. The van der Waals surface area contributed by atoms with Crippen molar-refractivity contribution in [1.29, 1.82) is 0 Å². The number of furan rings is 1. The van der Waals surface area contributed by atoms with Crippen molar-refractivity contribution in [3.8, 4) is 0 Å². The molecule has 1 aromatic carbocycles. The number of nitrogens with one attached hydrogen (secondary N) is 1. The number of hydrogen-bond acceptors (Lipinski definition) is 3. The highest BCUT2D eigenvalue weighted by Gasteiger charge is 2.18. The molecule has 0 spiro atoms. The van der Waals surface area contributed by atoms with Gasteiger partial charge in [0.2, 0.25) is 0 Å². The number of guanidine groups is 1. The van der Waals surface area contributed by atoms with Gasteiger partial charge in [0.15, 0.2) is 5.96 Å². The van der Waals surface area contributed by atoms with Crippen LogP contribution in [0.2, 0.25) is 0 Å². The van der Waals surface area contributed by atoms with Crippen molar-refractivity contribution in [3.05, 3.63) is 59.5 Å². The maximum absolute atomic E-state index is 5.39. The molecule has 3 rings (SSSR count). The molecule has 2 aromatic rings. The Morgan fingerprint density at radius 1 is 1.24 bits per heavy atom. The molecule has 1 aliphatic heterocycles. The Kier molecular flexibility index (Phi) is 8.27. The standard InChI is InChI=1S/C19H25N3O2.HI/c1-23-14-11-21-19(20-10-8-18-7-4-13-24-18)22-12-9-16-5-2-3-6-17(16)15-22;/h2-7,13H,8-12,14-15H2,1H3,(H,20,21);1H. The normalized spacial score (nSPS) is 14.0. The molecule has 1 N–H and O–H groups in total. The van der Waals surface area contributed by atoms with Crippen LogP contribution in [0.15, 0.2) is 52.1 Å². The zero-order valence-corrected chi connectivity index (χ0v) is 16.9. The zero-order chi connectivity index (χ0) is 16.6. The van der Waals surface area contributed by atoms with Crippen molar-refractivity contribution in [3.63, 3.8) is 0 Å². The first-order valence-electron chi connectivity index (χ1n) is 8.48. The smallest absolute Gasteiger partial charge is 0.194 e. The summed E-state index contributed by atoms with van der Waals surface area (Å²) in [6.07, 6.45) is 3.62. The van der Waals surface area contributed by atoms with Gasteiger partial charge in [-0.05, 0) is 29.7 Å². The number of aliphatic imine (C=N–C) groups is 1. The molecule has 0 fully saturated rings. The molecule has 0 saturated carbocycles. The molecule has 1 aromatic heterocycles. The predicted molar refractivity (Wildman–Crippen MR) is 111 cm³/mol. The van der Waals surface area contributed by atoms with E-state index in [-0.39, 0.29) is 24.0 Å². The van der Waals surface area contributed by atoms with Crippen molar-refractivity contribution in [2.75, 3.05) is 33.4 Å². The second-order valence-electron chi connectivity index (χ2n) is 5.89. The Morgan fingerprint density at radius 3 is 2.84 bits per heavy atom. The summed E-state index contributed by atoms with van der Waals surface area (Å²) in [7, 11) is 1.71. The van der Waals surface area contributed by atoms with Crippen LogP contribution in [0.1, 0.15) is 16.9 Å².